The molecule has 1 heterocycles. The van der Waals surface area contributed by atoms with Gasteiger partial charge in [-0.2, -0.15) is 0 Å². The highest BCUT2D eigenvalue weighted by molar-refractivity contribution is 6.06. The summed E-state index contributed by atoms with van der Waals surface area (Å²) in [5, 5.41) is 2.79. The van der Waals surface area contributed by atoms with E-state index in [0.717, 1.165) is 25.9 Å². The molecule has 1 aliphatic heterocycles. The molecule has 1 unspecified atom stereocenters. The van der Waals surface area contributed by atoms with E-state index < -0.39 is 5.97 Å². The van der Waals surface area contributed by atoms with Crippen LogP contribution in [-0.4, -0.2) is 42.4 Å². The second-order valence-corrected chi connectivity index (χ2v) is 7.33. The van der Waals surface area contributed by atoms with Crippen LogP contribution >= 0.6 is 0 Å². The van der Waals surface area contributed by atoms with Crippen LogP contribution in [0.4, 0.5) is 5.69 Å². The average molecular weight is 394 g/mol. The Balaban J connectivity index is 1.67. The Kier molecular flexibility index (Phi) is 6.65. The smallest absolute Gasteiger partial charge is 0.338 e. The fourth-order valence-corrected chi connectivity index (χ4v) is 3.46. The Morgan fingerprint density at radius 1 is 1.07 bits per heavy atom. The first-order valence-electron chi connectivity index (χ1n) is 9.95. The van der Waals surface area contributed by atoms with Gasteiger partial charge in [0.05, 0.1) is 12.2 Å². The van der Waals surface area contributed by atoms with Gasteiger partial charge in [-0.25, -0.2) is 4.79 Å². The molecule has 6 heteroatoms. The van der Waals surface area contributed by atoms with Gasteiger partial charge >= 0.3 is 5.97 Å². The molecule has 0 spiro atoms. The van der Waals surface area contributed by atoms with E-state index in [1.54, 1.807) is 55.5 Å². The molecule has 2 aromatic carbocycles. The second-order valence-electron chi connectivity index (χ2n) is 7.33. The number of piperidine rings is 1. The third kappa shape index (κ3) is 5.22. The van der Waals surface area contributed by atoms with E-state index >= 15 is 0 Å². The standard InChI is InChI=1S/C23H26N2O4/c1-3-29-23(28)17-9-11-20(12-10-17)24-21(26)18-7-4-8-19(14-18)22(27)25-13-5-6-16(2)15-25/h4,7-12,14,16H,3,5-6,13,15H2,1-2H3,(H,24,26). The van der Waals surface area contributed by atoms with Crippen molar-refractivity contribution >= 4 is 23.5 Å². The van der Waals surface area contributed by atoms with Gasteiger partial charge < -0.3 is 15.0 Å². The predicted octanol–water partition coefficient (Wildman–Crippen LogP) is 3.99. The third-order valence-electron chi connectivity index (χ3n) is 4.97. The number of anilines is 1. The molecule has 6 nitrogen and oxygen atoms in total. The molecule has 1 aliphatic rings. The Labute approximate surface area is 170 Å². The Bertz CT molecular complexity index is 892. The van der Waals surface area contributed by atoms with Gasteiger partial charge in [0.25, 0.3) is 11.8 Å². The van der Waals surface area contributed by atoms with Gasteiger partial charge in [0, 0.05) is 29.9 Å². The van der Waals surface area contributed by atoms with Crippen molar-refractivity contribution in [3.63, 3.8) is 0 Å². The van der Waals surface area contributed by atoms with Crippen molar-refractivity contribution < 1.29 is 19.1 Å². The van der Waals surface area contributed by atoms with Crippen LogP contribution in [-0.2, 0) is 4.74 Å². The molecule has 29 heavy (non-hydrogen) atoms. The number of carbonyl (C=O) groups excluding carboxylic acids is 3. The molecule has 2 aromatic rings. The van der Waals surface area contributed by atoms with E-state index in [9.17, 15) is 14.4 Å². The molecule has 1 fully saturated rings. The highest BCUT2D eigenvalue weighted by Gasteiger charge is 2.22. The van der Waals surface area contributed by atoms with E-state index in [2.05, 4.69) is 12.2 Å². The van der Waals surface area contributed by atoms with Crippen molar-refractivity contribution in [2.75, 3.05) is 25.0 Å². The van der Waals surface area contributed by atoms with Crippen molar-refractivity contribution in [1.82, 2.24) is 4.90 Å². The Morgan fingerprint density at radius 3 is 2.48 bits per heavy atom. The van der Waals surface area contributed by atoms with Crippen LogP contribution in [0.3, 0.4) is 0 Å². The quantitative estimate of drug-likeness (QED) is 0.778. The molecule has 0 aliphatic carbocycles. The maximum Gasteiger partial charge on any atom is 0.338 e. The maximum absolute atomic E-state index is 12.8. The Hall–Kier alpha value is -3.15. The molecule has 0 saturated carbocycles. The number of ether oxygens (including phenoxy) is 1. The summed E-state index contributed by atoms with van der Waals surface area (Å²) in [6.07, 6.45) is 2.15. The number of carbonyl (C=O) groups is 3. The number of hydrogen-bond acceptors (Lipinski definition) is 4. The molecule has 0 bridgehead atoms. The lowest BCUT2D eigenvalue weighted by Crippen LogP contribution is -2.39. The van der Waals surface area contributed by atoms with Crippen molar-refractivity contribution in [3.05, 3.63) is 65.2 Å². The summed E-state index contributed by atoms with van der Waals surface area (Å²) in [7, 11) is 0. The number of benzene rings is 2. The topological polar surface area (TPSA) is 75.7 Å². The van der Waals surface area contributed by atoms with E-state index in [-0.39, 0.29) is 11.8 Å². The van der Waals surface area contributed by atoms with E-state index in [1.165, 1.54) is 0 Å². The second kappa shape index (κ2) is 9.37. The summed E-state index contributed by atoms with van der Waals surface area (Å²) in [5.74, 6) is -0.249. The molecule has 3 rings (SSSR count). The van der Waals surface area contributed by atoms with Crippen LogP contribution in [0.15, 0.2) is 48.5 Å². The minimum absolute atomic E-state index is 0.0370. The lowest BCUT2D eigenvalue weighted by atomic mass is 9.99. The van der Waals surface area contributed by atoms with E-state index in [1.807, 2.05) is 4.90 Å². The van der Waals surface area contributed by atoms with Gasteiger partial charge in [-0.05, 0) is 68.1 Å². The minimum atomic E-state index is -0.399. The zero-order chi connectivity index (χ0) is 20.8. The van der Waals surface area contributed by atoms with Gasteiger partial charge in [0.1, 0.15) is 0 Å². The zero-order valence-corrected chi connectivity index (χ0v) is 16.8. The molecule has 1 saturated heterocycles. The number of likely N-dealkylation sites (tertiary alicyclic amines) is 1. The van der Waals surface area contributed by atoms with Crippen molar-refractivity contribution in [3.8, 4) is 0 Å². The molecule has 1 atom stereocenters. The van der Waals surface area contributed by atoms with Gasteiger partial charge in [0.15, 0.2) is 0 Å². The molecular formula is C23H26N2O4. The highest BCUT2D eigenvalue weighted by atomic mass is 16.5. The molecular weight excluding hydrogens is 368 g/mol. The summed E-state index contributed by atoms with van der Waals surface area (Å²) in [6.45, 7) is 5.71. The number of esters is 1. The fraction of sp³-hybridized carbons (Fsp3) is 0.348. The minimum Gasteiger partial charge on any atom is -0.462 e. The van der Waals surface area contributed by atoms with Crippen molar-refractivity contribution in [2.45, 2.75) is 26.7 Å². The first-order chi connectivity index (χ1) is 14.0. The summed E-state index contributed by atoms with van der Waals surface area (Å²) >= 11 is 0. The van der Waals surface area contributed by atoms with E-state index in [4.69, 9.17) is 4.74 Å². The summed E-state index contributed by atoms with van der Waals surface area (Å²) in [4.78, 5) is 39.0. The molecule has 0 aromatic heterocycles. The highest BCUT2D eigenvalue weighted by Crippen LogP contribution is 2.19. The van der Waals surface area contributed by atoms with Gasteiger partial charge in [-0.15, -0.1) is 0 Å². The zero-order valence-electron chi connectivity index (χ0n) is 16.8. The first-order valence-corrected chi connectivity index (χ1v) is 9.95. The number of hydrogen-bond donors (Lipinski definition) is 1. The number of rotatable bonds is 5. The SMILES string of the molecule is CCOC(=O)c1ccc(NC(=O)c2cccc(C(=O)N3CCCC(C)C3)c2)cc1. The molecule has 0 radical (unpaired) electrons. The number of nitrogens with one attached hydrogen (secondary N) is 1. The lowest BCUT2D eigenvalue weighted by Gasteiger charge is -2.31. The number of nitrogens with zero attached hydrogens (tertiary/aromatic N) is 1. The first kappa shape index (κ1) is 20.6. The molecule has 1 N–H and O–H groups in total. The number of amides is 2. The summed E-state index contributed by atoms with van der Waals surface area (Å²) in [5.41, 5.74) is 1.91. The van der Waals surface area contributed by atoms with Crippen LogP contribution in [0, 0.1) is 5.92 Å². The monoisotopic (exact) mass is 394 g/mol. The van der Waals surface area contributed by atoms with Gasteiger partial charge in [0.2, 0.25) is 0 Å². The van der Waals surface area contributed by atoms with Crippen LogP contribution < -0.4 is 5.32 Å². The third-order valence-corrected chi connectivity index (χ3v) is 4.97. The van der Waals surface area contributed by atoms with Crippen LogP contribution in [0.2, 0.25) is 0 Å². The van der Waals surface area contributed by atoms with Crippen molar-refractivity contribution in [2.24, 2.45) is 5.92 Å². The lowest BCUT2D eigenvalue weighted by molar-refractivity contribution is 0.0526. The Morgan fingerprint density at radius 2 is 1.79 bits per heavy atom. The molecule has 152 valence electrons. The molecule has 2 amide bonds. The average Bonchev–Trinajstić information content (AvgIpc) is 2.74. The normalized spacial score (nSPS) is 16.2. The van der Waals surface area contributed by atoms with Gasteiger partial charge in [-0.3, -0.25) is 9.59 Å². The summed E-state index contributed by atoms with van der Waals surface area (Å²) < 4.78 is 4.95. The fourth-order valence-electron chi connectivity index (χ4n) is 3.46. The maximum atomic E-state index is 12.8. The van der Waals surface area contributed by atoms with Crippen LogP contribution in [0.5, 0.6) is 0 Å². The van der Waals surface area contributed by atoms with Crippen molar-refractivity contribution in [1.29, 1.82) is 0 Å². The van der Waals surface area contributed by atoms with E-state index in [0.29, 0.717) is 34.9 Å². The predicted molar refractivity (Wildman–Crippen MR) is 111 cm³/mol. The van der Waals surface area contributed by atoms with Crippen LogP contribution in [0.1, 0.15) is 57.8 Å². The largest absolute Gasteiger partial charge is 0.462 e. The van der Waals surface area contributed by atoms with Crippen LogP contribution in [0.25, 0.3) is 0 Å². The summed E-state index contributed by atoms with van der Waals surface area (Å²) in [6, 6.07) is 13.3. The van der Waals surface area contributed by atoms with Gasteiger partial charge in [-0.1, -0.05) is 13.0 Å².